The van der Waals surface area contributed by atoms with Crippen molar-refractivity contribution in [3.63, 3.8) is 0 Å². The van der Waals surface area contributed by atoms with Crippen LogP contribution in [0.1, 0.15) is 19.1 Å². The van der Waals surface area contributed by atoms with Crippen molar-refractivity contribution in [2.45, 2.75) is 24.5 Å². The van der Waals surface area contributed by atoms with Crippen LogP contribution in [-0.2, 0) is 36.3 Å². The molecule has 0 saturated carbocycles. The number of nitrogens with two attached hydrogens (primary N) is 1. The van der Waals surface area contributed by atoms with E-state index >= 15 is 0 Å². The average Bonchev–Trinajstić information content (AvgIpc) is 3.19. The van der Waals surface area contributed by atoms with Crippen LogP contribution in [-0.4, -0.2) is 61.8 Å². The van der Waals surface area contributed by atoms with Crippen LogP contribution in [0.3, 0.4) is 0 Å². The molecule has 0 aliphatic carbocycles. The molecular formula is C15H25N4O12P3S. The van der Waals surface area contributed by atoms with Gasteiger partial charge in [0.05, 0.1) is 6.61 Å². The molecule has 0 spiro atoms. The summed E-state index contributed by atoms with van der Waals surface area (Å²) in [5, 5.41) is 2.00. The van der Waals surface area contributed by atoms with Crippen LogP contribution in [0, 0.1) is 12.3 Å². The SMILES string of the molecule is C#CCOCCCCNP(=O)(O)OP(=O)(O)OP(=O)(O)OC[C@H]1O[C@@H](n2ccc(N)nc2=O)CS1. The van der Waals surface area contributed by atoms with Crippen molar-refractivity contribution in [2.24, 2.45) is 0 Å². The quantitative estimate of drug-likeness (QED) is 0.110. The fourth-order valence-electron chi connectivity index (χ4n) is 2.49. The minimum Gasteiger partial charge on any atom is -0.383 e. The monoisotopic (exact) mass is 578 g/mol. The van der Waals surface area contributed by atoms with Gasteiger partial charge in [0, 0.05) is 25.1 Å². The molecule has 6 N–H and O–H groups in total. The van der Waals surface area contributed by atoms with E-state index in [1.807, 2.05) is 5.09 Å². The second-order valence-electron chi connectivity index (χ2n) is 6.68. The number of terminal acetylenes is 1. The summed E-state index contributed by atoms with van der Waals surface area (Å²) in [4.78, 5) is 44.4. The Hall–Kier alpha value is -1.08. The molecule has 198 valence electrons. The molecule has 1 saturated heterocycles. The lowest BCUT2D eigenvalue weighted by Crippen LogP contribution is -2.28. The Kier molecular flexibility index (Phi) is 11.6. The Bertz CT molecular complexity index is 1100. The summed E-state index contributed by atoms with van der Waals surface area (Å²) in [6.45, 7) is -0.282. The molecule has 1 aromatic rings. The van der Waals surface area contributed by atoms with Gasteiger partial charge in [0.2, 0.25) is 0 Å². The van der Waals surface area contributed by atoms with Crippen molar-refractivity contribution in [1.82, 2.24) is 14.6 Å². The zero-order valence-corrected chi connectivity index (χ0v) is 21.6. The zero-order chi connectivity index (χ0) is 26.1. The topological polar surface area (TPSA) is 231 Å². The summed E-state index contributed by atoms with van der Waals surface area (Å²) in [5.74, 6) is 2.55. The van der Waals surface area contributed by atoms with E-state index in [0.717, 1.165) is 16.3 Å². The Balaban J connectivity index is 1.78. The van der Waals surface area contributed by atoms with Crippen molar-refractivity contribution >= 4 is 41.0 Å². The van der Waals surface area contributed by atoms with Crippen LogP contribution in [0.2, 0.25) is 0 Å². The van der Waals surface area contributed by atoms with E-state index in [1.54, 1.807) is 0 Å². The Labute approximate surface area is 204 Å². The molecule has 1 fully saturated rings. The van der Waals surface area contributed by atoms with Crippen LogP contribution in [0.5, 0.6) is 0 Å². The molecule has 2 heterocycles. The van der Waals surface area contributed by atoms with Crippen LogP contribution >= 0.6 is 35.2 Å². The predicted octanol–water partition coefficient (Wildman–Crippen LogP) is 0.784. The highest BCUT2D eigenvalue weighted by Gasteiger charge is 2.42. The standard InChI is InChI=1S/C15H25N4O12P3S/c1-2-8-27-9-4-3-6-17-32(21,22)30-34(25,26)31-33(23,24)28-10-14-29-13(11-35-14)19-7-5-12(16)18-15(19)20/h1,5,7,13-14H,3-4,6,8-11H2,(H,23,24)(H,25,26)(H2,16,18,20)(H2,17,21,22)/t13-,14+/m1/s1. The molecule has 5 atom stereocenters. The lowest BCUT2D eigenvalue weighted by molar-refractivity contribution is -0.00644. The van der Waals surface area contributed by atoms with Crippen molar-refractivity contribution in [2.75, 3.05) is 37.9 Å². The summed E-state index contributed by atoms with van der Waals surface area (Å²) in [6.07, 6.45) is 6.40. The van der Waals surface area contributed by atoms with Gasteiger partial charge < -0.3 is 29.9 Å². The third-order valence-corrected chi connectivity index (χ3v) is 9.46. The number of phosphoric acid groups is 2. The first kappa shape index (κ1) is 30.1. The van der Waals surface area contributed by atoms with Crippen molar-refractivity contribution in [3.05, 3.63) is 22.7 Å². The lowest BCUT2D eigenvalue weighted by atomic mass is 10.3. The summed E-state index contributed by atoms with van der Waals surface area (Å²) in [7, 11) is -15.6. The maximum Gasteiger partial charge on any atom is 0.489 e. The number of ether oxygens (including phenoxy) is 2. The second kappa shape index (κ2) is 13.5. The summed E-state index contributed by atoms with van der Waals surface area (Å²) in [5.41, 5.74) is 3.90. The number of hydrogen-bond acceptors (Lipinski definition) is 12. The van der Waals surface area contributed by atoms with E-state index in [-0.39, 0.29) is 24.7 Å². The van der Waals surface area contributed by atoms with Crippen molar-refractivity contribution < 1.29 is 51.0 Å². The average molecular weight is 578 g/mol. The normalized spacial score (nSPS) is 23.1. The molecule has 0 bridgehead atoms. The van der Waals surface area contributed by atoms with Gasteiger partial charge in [-0.05, 0) is 18.9 Å². The minimum absolute atomic E-state index is 0.0270. The first-order valence-electron chi connectivity index (χ1n) is 9.76. The predicted molar refractivity (Wildman–Crippen MR) is 124 cm³/mol. The van der Waals surface area contributed by atoms with E-state index in [0.29, 0.717) is 19.4 Å². The van der Waals surface area contributed by atoms with Gasteiger partial charge in [0.25, 0.3) is 0 Å². The Morgan fingerprint density at radius 3 is 2.71 bits per heavy atom. The number of anilines is 1. The highest BCUT2D eigenvalue weighted by molar-refractivity contribution is 8.00. The fraction of sp³-hybridized carbons (Fsp3) is 0.600. The number of nitrogens with one attached hydrogen (secondary N) is 1. The van der Waals surface area contributed by atoms with Gasteiger partial charge >= 0.3 is 29.1 Å². The number of hydrogen-bond donors (Lipinski definition) is 5. The third kappa shape index (κ3) is 11.2. The van der Waals surface area contributed by atoms with Gasteiger partial charge in [-0.3, -0.25) is 9.09 Å². The van der Waals surface area contributed by atoms with E-state index in [2.05, 4.69) is 24.0 Å². The van der Waals surface area contributed by atoms with E-state index < -0.39 is 47.4 Å². The smallest absolute Gasteiger partial charge is 0.383 e. The molecule has 0 amide bonds. The first-order chi connectivity index (χ1) is 16.3. The minimum atomic E-state index is -5.51. The highest BCUT2D eigenvalue weighted by atomic mass is 32.2. The van der Waals surface area contributed by atoms with Crippen molar-refractivity contribution in [3.8, 4) is 12.3 Å². The van der Waals surface area contributed by atoms with Gasteiger partial charge in [-0.25, -0.2) is 23.6 Å². The molecule has 3 unspecified atom stereocenters. The van der Waals surface area contributed by atoms with Gasteiger partial charge in [0.15, 0.2) is 0 Å². The van der Waals surface area contributed by atoms with Crippen LogP contribution < -0.4 is 16.5 Å². The third-order valence-electron chi connectivity index (χ3n) is 3.90. The van der Waals surface area contributed by atoms with Gasteiger partial charge in [-0.15, -0.1) is 18.2 Å². The Morgan fingerprint density at radius 1 is 1.29 bits per heavy atom. The summed E-state index contributed by atoms with van der Waals surface area (Å²) in [6, 6.07) is 1.39. The molecule has 1 aromatic heterocycles. The van der Waals surface area contributed by atoms with E-state index in [1.165, 1.54) is 12.3 Å². The molecule has 35 heavy (non-hydrogen) atoms. The number of unbranched alkanes of at least 4 members (excludes halogenated alkanes) is 1. The molecule has 20 heteroatoms. The van der Waals surface area contributed by atoms with E-state index in [4.69, 9.17) is 21.6 Å². The molecule has 0 radical (unpaired) electrons. The molecule has 16 nitrogen and oxygen atoms in total. The zero-order valence-electron chi connectivity index (χ0n) is 18.1. The highest BCUT2D eigenvalue weighted by Crippen LogP contribution is 2.66. The molecular weight excluding hydrogens is 553 g/mol. The number of nitrogens with zero attached hydrogens (tertiary/aromatic N) is 2. The largest absolute Gasteiger partial charge is 0.489 e. The lowest BCUT2D eigenvalue weighted by Gasteiger charge is -2.20. The molecule has 1 aliphatic heterocycles. The molecule has 0 aromatic carbocycles. The van der Waals surface area contributed by atoms with Crippen molar-refractivity contribution in [1.29, 1.82) is 0 Å². The maximum absolute atomic E-state index is 12.0. The number of thioether (sulfide) groups is 1. The summed E-state index contributed by atoms with van der Waals surface area (Å²) >= 11 is 1.11. The number of aromatic nitrogens is 2. The van der Waals surface area contributed by atoms with Crippen LogP contribution in [0.4, 0.5) is 5.82 Å². The number of rotatable bonds is 15. The first-order valence-corrected chi connectivity index (χ1v) is 15.4. The molecule has 2 rings (SSSR count). The number of phosphoric ester groups is 1. The summed E-state index contributed by atoms with van der Waals surface area (Å²) < 4.78 is 60.4. The number of nitrogen functional groups attached to an aromatic ring is 1. The van der Waals surface area contributed by atoms with Gasteiger partial charge in [-0.1, -0.05) is 5.92 Å². The fourth-order valence-corrected chi connectivity index (χ4v) is 7.32. The molecule has 1 aliphatic rings. The second-order valence-corrected chi connectivity index (χ2v) is 12.7. The Morgan fingerprint density at radius 2 is 2.03 bits per heavy atom. The van der Waals surface area contributed by atoms with E-state index in [9.17, 15) is 33.2 Å². The van der Waals surface area contributed by atoms with Crippen LogP contribution in [0.15, 0.2) is 17.1 Å². The van der Waals surface area contributed by atoms with Gasteiger partial charge in [0.1, 0.15) is 24.1 Å². The maximum atomic E-state index is 12.0. The van der Waals surface area contributed by atoms with Gasteiger partial charge in [-0.2, -0.15) is 13.6 Å². The van der Waals surface area contributed by atoms with Crippen LogP contribution in [0.25, 0.3) is 0 Å².